The minimum atomic E-state index is -0.901. The molecule has 0 saturated carbocycles. The molecule has 100 valence electrons. The highest BCUT2D eigenvalue weighted by atomic mass is 35.5. The molecule has 1 aromatic carbocycles. The molecule has 0 fully saturated rings. The molecule has 0 saturated heterocycles. The van der Waals surface area contributed by atoms with Gasteiger partial charge >= 0.3 is 5.97 Å². The lowest BCUT2D eigenvalue weighted by molar-refractivity contribution is -0.138. The third kappa shape index (κ3) is 3.68. The van der Waals surface area contributed by atoms with Crippen molar-refractivity contribution in [1.29, 1.82) is 0 Å². The summed E-state index contributed by atoms with van der Waals surface area (Å²) in [5.74, 6) is -1.42. The Morgan fingerprint density at radius 2 is 2.06 bits per heavy atom. The standard InChI is InChI=1S/C13H17ClFNO2/c1-3-16(4-2)12(8-13(17)18)9-5-6-10(14)11(15)7-9/h5-7,12H,3-4,8H2,1-2H3,(H,17,18). The van der Waals surface area contributed by atoms with Gasteiger partial charge in [0.05, 0.1) is 11.4 Å². The van der Waals surface area contributed by atoms with E-state index < -0.39 is 11.8 Å². The number of hydrogen-bond donors (Lipinski definition) is 1. The minimum absolute atomic E-state index is 0.0485. The zero-order chi connectivity index (χ0) is 13.7. The van der Waals surface area contributed by atoms with Crippen LogP contribution in [-0.4, -0.2) is 29.1 Å². The van der Waals surface area contributed by atoms with Crippen LogP contribution in [0.3, 0.4) is 0 Å². The van der Waals surface area contributed by atoms with Gasteiger partial charge in [0.1, 0.15) is 5.82 Å². The van der Waals surface area contributed by atoms with E-state index in [0.29, 0.717) is 18.7 Å². The predicted octanol–water partition coefficient (Wildman–Crippen LogP) is 3.34. The molecule has 1 unspecified atom stereocenters. The molecule has 0 bridgehead atoms. The zero-order valence-electron chi connectivity index (χ0n) is 10.5. The van der Waals surface area contributed by atoms with Crippen LogP contribution in [0.2, 0.25) is 5.02 Å². The lowest BCUT2D eigenvalue weighted by Gasteiger charge is -2.29. The number of rotatable bonds is 6. The van der Waals surface area contributed by atoms with Crippen LogP contribution in [0, 0.1) is 5.82 Å². The monoisotopic (exact) mass is 273 g/mol. The summed E-state index contributed by atoms with van der Waals surface area (Å²) in [7, 11) is 0. The Labute approximate surface area is 111 Å². The van der Waals surface area contributed by atoms with Gasteiger partial charge in [0.25, 0.3) is 0 Å². The highest BCUT2D eigenvalue weighted by Crippen LogP contribution is 2.27. The van der Waals surface area contributed by atoms with Crippen LogP contribution < -0.4 is 0 Å². The van der Waals surface area contributed by atoms with Crippen molar-refractivity contribution < 1.29 is 14.3 Å². The first-order valence-corrected chi connectivity index (χ1v) is 6.28. The largest absolute Gasteiger partial charge is 0.481 e. The number of hydrogen-bond acceptors (Lipinski definition) is 2. The number of benzene rings is 1. The molecule has 0 aromatic heterocycles. The van der Waals surface area contributed by atoms with Gasteiger partial charge in [-0.25, -0.2) is 4.39 Å². The van der Waals surface area contributed by atoms with E-state index in [9.17, 15) is 9.18 Å². The summed E-state index contributed by atoms with van der Waals surface area (Å²) in [4.78, 5) is 12.9. The van der Waals surface area contributed by atoms with Gasteiger partial charge in [-0.1, -0.05) is 31.5 Å². The van der Waals surface area contributed by atoms with E-state index in [1.54, 1.807) is 6.07 Å². The van der Waals surface area contributed by atoms with Gasteiger partial charge in [-0.05, 0) is 30.8 Å². The Balaban J connectivity index is 3.07. The van der Waals surface area contributed by atoms with Gasteiger partial charge in [0.15, 0.2) is 0 Å². The van der Waals surface area contributed by atoms with Gasteiger partial charge in [-0.15, -0.1) is 0 Å². The number of halogens is 2. The molecule has 0 aliphatic carbocycles. The molecule has 5 heteroatoms. The summed E-state index contributed by atoms with van der Waals surface area (Å²) in [6.45, 7) is 5.31. The van der Waals surface area contributed by atoms with Crippen LogP contribution in [0.25, 0.3) is 0 Å². The molecule has 0 aliphatic rings. The van der Waals surface area contributed by atoms with Crippen molar-refractivity contribution in [3.63, 3.8) is 0 Å². The molecular formula is C13H17ClFNO2. The number of carboxylic acids is 1. The second kappa shape index (κ2) is 6.71. The predicted molar refractivity (Wildman–Crippen MR) is 69.3 cm³/mol. The SMILES string of the molecule is CCN(CC)C(CC(=O)O)c1ccc(Cl)c(F)c1. The molecule has 1 rings (SSSR count). The van der Waals surface area contributed by atoms with Crippen molar-refractivity contribution in [3.8, 4) is 0 Å². The number of carboxylic acid groups (broad SMARTS) is 1. The van der Waals surface area contributed by atoms with Crippen LogP contribution >= 0.6 is 11.6 Å². The maximum Gasteiger partial charge on any atom is 0.305 e. The summed E-state index contributed by atoms with van der Waals surface area (Å²) in [5, 5.41) is 9.01. The highest BCUT2D eigenvalue weighted by molar-refractivity contribution is 6.30. The van der Waals surface area contributed by atoms with Crippen LogP contribution in [-0.2, 0) is 4.79 Å². The quantitative estimate of drug-likeness (QED) is 0.864. The smallest absolute Gasteiger partial charge is 0.305 e. The van der Waals surface area contributed by atoms with Gasteiger partial charge in [-0.2, -0.15) is 0 Å². The summed E-state index contributed by atoms with van der Waals surface area (Å²) in [5.41, 5.74) is 0.642. The molecule has 1 aromatic rings. The number of nitrogens with zero attached hydrogens (tertiary/aromatic N) is 1. The molecule has 18 heavy (non-hydrogen) atoms. The Bertz CT molecular complexity index is 421. The Morgan fingerprint density at radius 1 is 1.44 bits per heavy atom. The van der Waals surface area contributed by atoms with Crippen molar-refractivity contribution in [3.05, 3.63) is 34.6 Å². The minimum Gasteiger partial charge on any atom is -0.481 e. The normalized spacial score (nSPS) is 12.7. The molecule has 0 amide bonds. The fourth-order valence-corrected chi connectivity index (χ4v) is 2.12. The molecule has 1 atom stereocenters. The van der Waals surface area contributed by atoms with Crippen LogP contribution in [0.4, 0.5) is 4.39 Å². The Kier molecular flexibility index (Phi) is 5.56. The summed E-state index contributed by atoms with van der Waals surface area (Å²) in [6.07, 6.45) is -0.0528. The van der Waals surface area contributed by atoms with Crippen LogP contribution in [0.5, 0.6) is 0 Å². The van der Waals surface area contributed by atoms with Crippen molar-refractivity contribution in [2.45, 2.75) is 26.3 Å². The van der Waals surface area contributed by atoms with E-state index in [-0.39, 0.29) is 17.5 Å². The molecule has 0 aliphatic heterocycles. The van der Waals surface area contributed by atoms with E-state index in [1.807, 2.05) is 18.7 Å². The van der Waals surface area contributed by atoms with Crippen LogP contribution in [0.15, 0.2) is 18.2 Å². The van der Waals surface area contributed by atoms with Crippen molar-refractivity contribution in [2.24, 2.45) is 0 Å². The van der Waals surface area contributed by atoms with Crippen molar-refractivity contribution in [2.75, 3.05) is 13.1 Å². The second-order valence-electron chi connectivity index (χ2n) is 4.01. The number of carbonyl (C=O) groups is 1. The molecule has 0 spiro atoms. The third-order valence-corrected chi connectivity index (χ3v) is 3.26. The van der Waals surface area contributed by atoms with Gasteiger partial charge in [-0.3, -0.25) is 9.69 Å². The first-order valence-electron chi connectivity index (χ1n) is 5.90. The fraction of sp³-hybridized carbons (Fsp3) is 0.462. The maximum absolute atomic E-state index is 13.5. The lowest BCUT2D eigenvalue weighted by atomic mass is 10.0. The van der Waals surface area contributed by atoms with Crippen molar-refractivity contribution in [1.82, 2.24) is 4.90 Å². The van der Waals surface area contributed by atoms with Crippen molar-refractivity contribution >= 4 is 17.6 Å². The molecule has 0 radical (unpaired) electrons. The van der Waals surface area contributed by atoms with E-state index >= 15 is 0 Å². The summed E-state index contributed by atoms with van der Waals surface area (Å²) < 4.78 is 13.5. The first-order chi connectivity index (χ1) is 8.49. The maximum atomic E-state index is 13.5. The van der Waals surface area contributed by atoms with Gasteiger partial charge < -0.3 is 5.11 Å². The van der Waals surface area contributed by atoms with E-state index in [0.717, 1.165) is 0 Å². The average Bonchev–Trinajstić information content (AvgIpc) is 2.32. The lowest BCUT2D eigenvalue weighted by Crippen LogP contribution is -2.30. The highest BCUT2D eigenvalue weighted by Gasteiger charge is 2.21. The Hall–Kier alpha value is -1.13. The first kappa shape index (κ1) is 14.9. The van der Waals surface area contributed by atoms with Gasteiger partial charge in [0, 0.05) is 6.04 Å². The molecule has 3 nitrogen and oxygen atoms in total. The van der Waals surface area contributed by atoms with E-state index in [2.05, 4.69) is 0 Å². The number of aliphatic carboxylic acids is 1. The van der Waals surface area contributed by atoms with E-state index in [1.165, 1.54) is 12.1 Å². The summed E-state index contributed by atoms with van der Waals surface area (Å²) >= 11 is 5.63. The molecule has 1 N–H and O–H groups in total. The topological polar surface area (TPSA) is 40.5 Å². The zero-order valence-corrected chi connectivity index (χ0v) is 11.2. The van der Waals surface area contributed by atoms with Crippen LogP contribution in [0.1, 0.15) is 31.9 Å². The fourth-order valence-electron chi connectivity index (χ4n) is 2.01. The molecular weight excluding hydrogens is 257 g/mol. The molecule has 0 heterocycles. The Morgan fingerprint density at radius 3 is 2.50 bits per heavy atom. The third-order valence-electron chi connectivity index (χ3n) is 2.95. The average molecular weight is 274 g/mol. The van der Waals surface area contributed by atoms with Gasteiger partial charge in [0.2, 0.25) is 0 Å². The summed E-state index contributed by atoms with van der Waals surface area (Å²) in [6, 6.07) is 4.13. The second-order valence-corrected chi connectivity index (χ2v) is 4.42. The van der Waals surface area contributed by atoms with E-state index in [4.69, 9.17) is 16.7 Å².